The predicted octanol–water partition coefficient (Wildman–Crippen LogP) is 3.91. The molecule has 0 amide bonds. The summed E-state index contributed by atoms with van der Waals surface area (Å²) in [5.74, 6) is -3.43. The molecule has 1 N–H and O–H groups in total. The number of anilines is 2. The highest BCUT2D eigenvalue weighted by molar-refractivity contribution is 5.61. The maximum Gasteiger partial charge on any atom is 0.310 e. The molecule has 0 spiro atoms. The Morgan fingerprint density at radius 2 is 1.71 bits per heavy atom. The molecule has 0 aliphatic rings. The summed E-state index contributed by atoms with van der Waals surface area (Å²) < 4.78 is 60.5. The number of hydrogen-bond donors (Lipinski definition) is 1. The molecule has 0 atom stereocenters. The minimum atomic E-state index is -1.13. The summed E-state index contributed by atoms with van der Waals surface area (Å²) in [6.45, 7) is 1.44. The van der Waals surface area contributed by atoms with Gasteiger partial charge in [0, 0.05) is 24.0 Å². The third-order valence-corrected chi connectivity index (χ3v) is 3.97. The third-order valence-electron chi connectivity index (χ3n) is 3.97. The van der Waals surface area contributed by atoms with Crippen molar-refractivity contribution in [2.24, 2.45) is 0 Å². The van der Waals surface area contributed by atoms with Crippen molar-refractivity contribution in [2.75, 3.05) is 12.4 Å². The van der Waals surface area contributed by atoms with Crippen LogP contribution in [0.2, 0.25) is 0 Å². The van der Waals surface area contributed by atoms with Crippen LogP contribution >= 0.6 is 0 Å². The Balaban J connectivity index is 2.04. The van der Waals surface area contributed by atoms with Gasteiger partial charge in [0.15, 0.2) is 11.6 Å². The Kier molecular flexibility index (Phi) is 5.34. The number of ether oxygens (including phenoxy) is 1. The van der Waals surface area contributed by atoms with E-state index in [9.17, 15) is 22.4 Å². The normalized spacial score (nSPS) is 10.8. The standard InChI is InChI=1S/C19H15F4N3O2/c1-10-3-14(22)17(28-2)7-16(10)24-19-25-18(27)15(23)9-26(19)8-11-4-12(20)6-13(21)5-11/h3-7,9H,8H2,1-2H3,(H,24,25,27). The Morgan fingerprint density at radius 1 is 1.04 bits per heavy atom. The molecule has 0 aliphatic heterocycles. The number of methoxy groups -OCH3 is 1. The highest BCUT2D eigenvalue weighted by Crippen LogP contribution is 2.27. The van der Waals surface area contributed by atoms with Gasteiger partial charge in [0.1, 0.15) is 11.6 Å². The van der Waals surface area contributed by atoms with Crippen LogP contribution in [0.25, 0.3) is 0 Å². The SMILES string of the molecule is COc1cc(Nc2nc(=O)c(F)cn2Cc2cc(F)cc(F)c2)c(C)cc1F. The molecule has 0 saturated carbocycles. The third kappa shape index (κ3) is 4.13. The number of halogens is 4. The molecule has 0 radical (unpaired) electrons. The first-order chi connectivity index (χ1) is 13.3. The van der Waals surface area contributed by atoms with Crippen LogP contribution < -0.4 is 15.6 Å². The first-order valence-corrected chi connectivity index (χ1v) is 8.10. The van der Waals surface area contributed by atoms with Crippen LogP contribution in [0.3, 0.4) is 0 Å². The number of aryl methyl sites for hydroxylation is 1. The molecule has 1 aromatic heterocycles. The van der Waals surface area contributed by atoms with Gasteiger partial charge in [0.2, 0.25) is 11.8 Å². The van der Waals surface area contributed by atoms with E-state index in [0.717, 1.165) is 18.3 Å². The zero-order valence-electron chi connectivity index (χ0n) is 14.9. The minimum absolute atomic E-state index is 0.0451. The maximum atomic E-state index is 13.8. The molecular formula is C19H15F4N3O2. The van der Waals surface area contributed by atoms with E-state index in [1.54, 1.807) is 6.92 Å². The van der Waals surface area contributed by atoms with E-state index in [1.807, 2.05) is 0 Å². The van der Waals surface area contributed by atoms with Crippen molar-refractivity contribution in [3.05, 3.63) is 81.3 Å². The molecule has 0 aliphatic carbocycles. The molecule has 5 nitrogen and oxygen atoms in total. The number of hydrogen-bond acceptors (Lipinski definition) is 4. The highest BCUT2D eigenvalue weighted by atomic mass is 19.1. The van der Waals surface area contributed by atoms with Gasteiger partial charge in [-0.3, -0.25) is 4.79 Å². The van der Waals surface area contributed by atoms with E-state index in [4.69, 9.17) is 4.74 Å². The summed E-state index contributed by atoms with van der Waals surface area (Å²) in [4.78, 5) is 15.3. The average Bonchev–Trinajstić information content (AvgIpc) is 2.60. The number of nitrogens with one attached hydrogen (secondary N) is 1. The summed E-state index contributed by atoms with van der Waals surface area (Å²) in [5.41, 5.74) is -0.0918. The minimum Gasteiger partial charge on any atom is -0.494 e. The second kappa shape index (κ2) is 7.71. The first-order valence-electron chi connectivity index (χ1n) is 8.10. The summed E-state index contributed by atoms with van der Waals surface area (Å²) in [7, 11) is 1.29. The summed E-state index contributed by atoms with van der Waals surface area (Å²) in [6, 6.07) is 5.44. The highest BCUT2D eigenvalue weighted by Gasteiger charge is 2.13. The topological polar surface area (TPSA) is 56.1 Å². The first kappa shape index (κ1) is 19.4. The molecule has 9 heteroatoms. The van der Waals surface area contributed by atoms with Gasteiger partial charge in [-0.15, -0.1) is 0 Å². The van der Waals surface area contributed by atoms with E-state index in [-0.39, 0.29) is 23.8 Å². The zero-order chi connectivity index (χ0) is 20.4. The van der Waals surface area contributed by atoms with Crippen LogP contribution in [-0.2, 0) is 6.54 Å². The van der Waals surface area contributed by atoms with E-state index >= 15 is 0 Å². The Morgan fingerprint density at radius 3 is 2.36 bits per heavy atom. The van der Waals surface area contributed by atoms with Crippen LogP contribution in [0.4, 0.5) is 29.2 Å². The van der Waals surface area contributed by atoms with Crippen LogP contribution in [0.1, 0.15) is 11.1 Å². The quantitative estimate of drug-likeness (QED) is 0.668. The smallest absolute Gasteiger partial charge is 0.310 e. The van der Waals surface area contributed by atoms with Gasteiger partial charge in [0.05, 0.1) is 13.7 Å². The van der Waals surface area contributed by atoms with E-state index in [2.05, 4.69) is 10.3 Å². The van der Waals surface area contributed by atoms with Crippen molar-refractivity contribution in [3.63, 3.8) is 0 Å². The lowest BCUT2D eigenvalue weighted by molar-refractivity contribution is 0.386. The van der Waals surface area contributed by atoms with Gasteiger partial charge >= 0.3 is 5.56 Å². The van der Waals surface area contributed by atoms with Gasteiger partial charge in [-0.25, -0.2) is 13.2 Å². The Hall–Kier alpha value is -3.36. The largest absolute Gasteiger partial charge is 0.494 e. The fourth-order valence-electron chi connectivity index (χ4n) is 2.65. The van der Waals surface area contributed by atoms with E-state index in [1.165, 1.54) is 23.8 Å². The average molecular weight is 393 g/mol. The van der Waals surface area contributed by atoms with Gasteiger partial charge < -0.3 is 14.6 Å². The molecule has 0 saturated heterocycles. The molecule has 0 fully saturated rings. The lowest BCUT2D eigenvalue weighted by Crippen LogP contribution is -2.20. The van der Waals surface area contributed by atoms with E-state index in [0.29, 0.717) is 17.3 Å². The fourth-order valence-corrected chi connectivity index (χ4v) is 2.65. The fraction of sp³-hybridized carbons (Fsp3) is 0.158. The van der Waals surface area contributed by atoms with E-state index < -0.39 is 28.8 Å². The molecule has 1 heterocycles. The molecule has 3 aromatic rings. The van der Waals surface area contributed by atoms with Gasteiger partial charge in [-0.2, -0.15) is 9.37 Å². The predicted molar refractivity (Wildman–Crippen MR) is 94.9 cm³/mol. The number of nitrogens with zero attached hydrogens (tertiary/aromatic N) is 2. The van der Waals surface area contributed by atoms with Crippen molar-refractivity contribution in [3.8, 4) is 5.75 Å². The molecular weight excluding hydrogens is 378 g/mol. The van der Waals surface area contributed by atoms with Crippen LogP contribution in [0, 0.1) is 30.2 Å². The second-order valence-corrected chi connectivity index (χ2v) is 6.05. The number of aromatic nitrogens is 2. The maximum absolute atomic E-state index is 13.8. The summed E-state index contributed by atoms with van der Waals surface area (Å²) in [6.07, 6.45) is 0.872. The van der Waals surface area contributed by atoms with Crippen LogP contribution in [-0.4, -0.2) is 16.7 Å². The lowest BCUT2D eigenvalue weighted by Gasteiger charge is -2.16. The molecule has 28 heavy (non-hydrogen) atoms. The molecule has 2 aromatic carbocycles. The molecule has 0 bridgehead atoms. The second-order valence-electron chi connectivity index (χ2n) is 6.05. The molecule has 0 unspecified atom stereocenters. The van der Waals surface area contributed by atoms with Gasteiger partial charge in [-0.05, 0) is 36.2 Å². The van der Waals surface area contributed by atoms with Crippen LogP contribution in [0.5, 0.6) is 5.75 Å². The number of benzene rings is 2. The van der Waals surface area contributed by atoms with Crippen molar-refractivity contribution in [1.29, 1.82) is 0 Å². The Bertz CT molecular complexity index is 1080. The summed E-state index contributed by atoms with van der Waals surface area (Å²) >= 11 is 0. The Labute approximate surface area is 157 Å². The van der Waals surface area contributed by atoms with Crippen LogP contribution in [0.15, 0.2) is 41.3 Å². The molecule has 146 valence electrons. The zero-order valence-corrected chi connectivity index (χ0v) is 14.9. The number of rotatable bonds is 5. The monoisotopic (exact) mass is 393 g/mol. The van der Waals surface area contributed by atoms with Crippen molar-refractivity contribution >= 4 is 11.6 Å². The van der Waals surface area contributed by atoms with Gasteiger partial charge in [-0.1, -0.05) is 0 Å². The van der Waals surface area contributed by atoms with Crippen molar-refractivity contribution < 1.29 is 22.3 Å². The van der Waals surface area contributed by atoms with Crippen molar-refractivity contribution in [1.82, 2.24) is 9.55 Å². The lowest BCUT2D eigenvalue weighted by atomic mass is 10.2. The van der Waals surface area contributed by atoms with Gasteiger partial charge in [0.25, 0.3) is 0 Å². The molecule has 3 rings (SSSR count). The van der Waals surface area contributed by atoms with Crippen molar-refractivity contribution in [2.45, 2.75) is 13.5 Å². The summed E-state index contributed by atoms with van der Waals surface area (Å²) in [5, 5.41) is 2.81.